The lowest BCUT2D eigenvalue weighted by atomic mass is 10.1. The monoisotopic (exact) mass is 186 g/mol. The van der Waals surface area contributed by atoms with Crippen LogP contribution in [0, 0.1) is 12.3 Å². The lowest BCUT2D eigenvalue weighted by Crippen LogP contribution is -1.94. The van der Waals surface area contributed by atoms with Crippen LogP contribution in [0.15, 0.2) is 24.3 Å². The van der Waals surface area contributed by atoms with Crippen molar-refractivity contribution in [2.45, 2.75) is 13.8 Å². The van der Waals surface area contributed by atoms with Crippen LogP contribution in [-0.2, 0) is 7.05 Å². The molecule has 0 amide bonds. The van der Waals surface area contributed by atoms with Gasteiger partial charge in [-0.3, -0.25) is 0 Å². The molecule has 2 nitrogen and oxygen atoms in total. The second-order valence-corrected chi connectivity index (χ2v) is 3.74. The van der Waals surface area contributed by atoms with E-state index in [-0.39, 0.29) is 0 Å². The minimum Gasteiger partial charge on any atom is -0.348 e. The van der Waals surface area contributed by atoms with Crippen LogP contribution in [0.5, 0.6) is 0 Å². The van der Waals surface area contributed by atoms with Gasteiger partial charge >= 0.3 is 0 Å². The fourth-order valence-electron chi connectivity index (χ4n) is 1.70. The molecule has 0 unspecified atom stereocenters. The minimum absolute atomic E-state index is 0.616. The summed E-state index contributed by atoms with van der Waals surface area (Å²) >= 11 is 0. The number of benzene rings is 1. The molecule has 0 aliphatic carbocycles. The van der Waals surface area contributed by atoms with Gasteiger partial charge in [0.15, 0.2) is 0 Å². The summed E-state index contributed by atoms with van der Waals surface area (Å²) < 4.78 is 2.15. The first-order valence-electron chi connectivity index (χ1n) is 4.71. The zero-order valence-electron chi connectivity index (χ0n) is 8.76. The molecule has 0 aliphatic heterocycles. The van der Waals surface area contributed by atoms with Crippen molar-refractivity contribution in [1.29, 1.82) is 5.41 Å². The smallest absolute Gasteiger partial charge is 0.0486 e. The van der Waals surface area contributed by atoms with E-state index in [1.54, 1.807) is 0 Å². The summed E-state index contributed by atoms with van der Waals surface area (Å²) in [4.78, 5) is 0. The summed E-state index contributed by atoms with van der Waals surface area (Å²) in [6.45, 7) is 3.91. The van der Waals surface area contributed by atoms with Crippen LogP contribution in [-0.4, -0.2) is 10.3 Å². The third-order valence-corrected chi connectivity index (χ3v) is 2.72. The second kappa shape index (κ2) is 2.98. The van der Waals surface area contributed by atoms with Crippen molar-refractivity contribution in [3.8, 4) is 0 Å². The number of rotatable bonds is 1. The molecule has 0 saturated carbocycles. The Kier molecular flexibility index (Phi) is 1.92. The minimum atomic E-state index is 0.616. The number of nitrogens with one attached hydrogen (secondary N) is 1. The van der Waals surface area contributed by atoms with E-state index in [4.69, 9.17) is 5.41 Å². The van der Waals surface area contributed by atoms with Crippen molar-refractivity contribution in [1.82, 2.24) is 4.57 Å². The SMILES string of the molecule is CC(=N)c1ccc2cc(C)n(C)c2c1. The molecule has 14 heavy (non-hydrogen) atoms. The number of fused-ring (bicyclic) bond motifs is 1. The number of hydrogen-bond donors (Lipinski definition) is 1. The molecule has 1 N–H and O–H groups in total. The summed E-state index contributed by atoms with van der Waals surface area (Å²) in [6.07, 6.45) is 0. The zero-order chi connectivity index (χ0) is 10.3. The van der Waals surface area contributed by atoms with Crippen molar-refractivity contribution in [3.05, 3.63) is 35.5 Å². The van der Waals surface area contributed by atoms with Gasteiger partial charge in [0, 0.05) is 24.0 Å². The van der Waals surface area contributed by atoms with E-state index in [1.807, 2.05) is 13.0 Å². The first-order valence-corrected chi connectivity index (χ1v) is 4.71. The van der Waals surface area contributed by atoms with Crippen LogP contribution in [0.4, 0.5) is 0 Å². The highest BCUT2D eigenvalue weighted by Gasteiger charge is 2.03. The van der Waals surface area contributed by atoms with Gasteiger partial charge in [0.05, 0.1) is 0 Å². The van der Waals surface area contributed by atoms with Gasteiger partial charge < -0.3 is 9.98 Å². The largest absolute Gasteiger partial charge is 0.348 e. The molecule has 2 heteroatoms. The molecular formula is C12H14N2. The predicted molar refractivity (Wildman–Crippen MR) is 60.2 cm³/mol. The molecule has 0 atom stereocenters. The Morgan fingerprint density at radius 3 is 2.64 bits per heavy atom. The molecule has 0 fully saturated rings. The van der Waals surface area contributed by atoms with Crippen molar-refractivity contribution in [3.63, 3.8) is 0 Å². The Morgan fingerprint density at radius 1 is 1.29 bits per heavy atom. The second-order valence-electron chi connectivity index (χ2n) is 3.74. The van der Waals surface area contributed by atoms with Crippen molar-refractivity contribution in [2.75, 3.05) is 0 Å². The van der Waals surface area contributed by atoms with Crippen molar-refractivity contribution < 1.29 is 0 Å². The van der Waals surface area contributed by atoms with Crippen LogP contribution in [0.25, 0.3) is 10.9 Å². The van der Waals surface area contributed by atoms with Crippen molar-refractivity contribution in [2.24, 2.45) is 7.05 Å². The van der Waals surface area contributed by atoms with Gasteiger partial charge in [-0.25, -0.2) is 0 Å². The van der Waals surface area contributed by atoms with E-state index in [0.717, 1.165) is 5.56 Å². The number of aryl methyl sites for hydroxylation is 2. The van der Waals surface area contributed by atoms with Crippen LogP contribution in [0.2, 0.25) is 0 Å². The third kappa shape index (κ3) is 1.23. The van der Waals surface area contributed by atoms with Crippen molar-refractivity contribution >= 4 is 16.6 Å². The summed E-state index contributed by atoms with van der Waals surface area (Å²) in [5.41, 5.74) is 4.07. The van der Waals surface area contributed by atoms with Gasteiger partial charge in [0.1, 0.15) is 0 Å². The molecule has 2 aromatic rings. The zero-order valence-corrected chi connectivity index (χ0v) is 8.76. The van der Waals surface area contributed by atoms with E-state index < -0.39 is 0 Å². The van der Waals surface area contributed by atoms with Gasteiger partial charge in [-0.15, -0.1) is 0 Å². The fraction of sp³-hybridized carbons (Fsp3) is 0.250. The molecular weight excluding hydrogens is 172 g/mol. The van der Waals surface area contributed by atoms with Gasteiger partial charge in [0.25, 0.3) is 0 Å². The quantitative estimate of drug-likeness (QED) is 0.663. The highest BCUT2D eigenvalue weighted by Crippen LogP contribution is 2.19. The maximum Gasteiger partial charge on any atom is 0.0486 e. The fourth-order valence-corrected chi connectivity index (χ4v) is 1.70. The molecule has 0 bridgehead atoms. The Morgan fingerprint density at radius 2 is 2.00 bits per heavy atom. The average Bonchev–Trinajstić information content (AvgIpc) is 2.43. The van der Waals surface area contributed by atoms with Gasteiger partial charge in [-0.1, -0.05) is 12.1 Å². The van der Waals surface area contributed by atoms with Crippen LogP contribution < -0.4 is 0 Å². The van der Waals surface area contributed by atoms with E-state index in [0.29, 0.717) is 5.71 Å². The number of hydrogen-bond acceptors (Lipinski definition) is 1. The molecule has 1 heterocycles. The van der Waals surface area contributed by atoms with Gasteiger partial charge in [-0.05, 0) is 36.9 Å². The molecule has 2 rings (SSSR count). The average molecular weight is 186 g/mol. The van der Waals surface area contributed by atoms with E-state index in [9.17, 15) is 0 Å². The molecule has 1 aromatic carbocycles. The Labute approximate surface area is 83.7 Å². The lowest BCUT2D eigenvalue weighted by Gasteiger charge is -2.01. The maximum absolute atomic E-state index is 7.58. The Hall–Kier alpha value is -1.57. The van der Waals surface area contributed by atoms with Gasteiger partial charge in [-0.2, -0.15) is 0 Å². The summed E-state index contributed by atoms with van der Waals surface area (Å²) in [6, 6.07) is 8.32. The molecule has 0 radical (unpaired) electrons. The molecule has 0 spiro atoms. The van der Waals surface area contributed by atoms with Gasteiger partial charge in [0.2, 0.25) is 0 Å². The van der Waals surface area contributed by atoms with E-state index in [1.165, 1.54) is 16.6 Å². The van der Waals surface area contributed by atoms with Crippen LogP contribution >= 0.6 is 0 Å². The first kappa shape index (κ1) is 9.00. The standard InChI is InChI=1S/C12H14N2/c1-8-6-11-5-4-10(9(2)13)7-12(11)14(8)3/h4-7,13H,1-3H3. The highest BCUT2D eigenvalue weighted by molar-refractivity contribution is 5.99. The highest BCUT2D eigenvalue weighted by atomic mass is 14.9. The molecule has 72 valence electrons. The maximum atomic E-state index is 7.58. The summed E-state index contributed by atoms with van der Waals surface area (Å²) in [7, 11) is 2.06. The topological polar surface area (TPSA) is 28.8 Å². The number of aromatic nitrogens is 1. The van der Waals surface area contributed by atoms with E-state index in [2.05, 4.69) is 36.7 Å². The molecule has 1 aromatic heterocycles. The summed E-state index contributed by atoms with van der Waals surface area (Å²) in [5, 5.41) is 8.82. The van der Waals surface area contributed by atoms with Crippen LogP contribution in [0.3, 0.4) is 0 Å². The Bertz CT molecular complexity index is 506. The van der Waals surface area contributed by atoms with E-state index >= 15 is 0 Å². The third-order valence-electron chi connectivity index (χ3n) is 2.72. The lowest BCUT2D eigenvalue weighted by molar-refractivity contribution is 0.918. The Balaban J connectivity index is 2.76. The number of nitrogens with zero attached hydrogens (tertiary/aromatic N) is 1. The molecule has 0 saturated heterocycles. The predicted octanol–water partition coefficient (Wildman–Crippen LogP) is 2.87. The molecule has 0 aliphatic rings. The van der Waals surface area contributed by atoms with Crippen LogP contribution in [0.1, 0.15) is 18.2 Å². The normalized spacial score (nSPS) is 10.8. The first-order chi connectivity index (χ1) is 6.59. The summed E-state index contributed by atoms with van der Waals surface area (Å²) in [5.74, 6) is 0.